The molecule has 0 amide bonds. The lowest BCUT2D eigenvalue weighted by atomic mass is 9.93. The monoisotopic (exact) mass is 400 g/mol. The number of hydrogen-bond donors (Lipinski definition) is 1. The van der Waals surface area contributed by atoms with Gasteiger partial charge < -0.3 is 5.32 Å². The van der Waals surface area contributed by atoms with E-state index in [-0.39, 0.29) is 0 Å². The number of nitrogens with zero attached hydrogens (tertiary/aromatic N) is 1. The normalized spacial score (nSPS) is 12.9. The summed E-state index contributed by atoms with van der Waals surface area (Å²) in [5, 5.41) is 3.30. The van der Waals surface area contributed by atoms with Gasteiger partial charge in [-0.15, -0.1) is 0 Å². The van der Waals surface area contributed by atoms with E-state index in [2.05, 4.69) is 108 Å². The van der Waals surface area contributed by atoms with E-state index in [1.807, 2.05) is 18.5 Å². The fourth-order valence-corrected chi connectivity index (χ4v) is 4.06. The van der Waals surface area contributed by atoms with E-state index in [9.17, 15) is 0 Å². The topological polar surface area (TPSA) is 24.9 Å². The van der Waals surface area contributed by atoms with Crippen LogP contribution in [0.3, 0.4) is 0 Å². The second-order valence-corrected chi connectivity index (χ2v) is 7.90. The minimum atomic E-state index is 0.891. The van der Waals surface area contributed by atoms with Crippen LogP contribution in [0.5, 0.6) is 0 Å². The van der Waals surface area contributed by atoms with Crippen molar-refractivity contribution in [3.63, 3.8) is 0 Å². The minimum Gasteiger partial charge on any atom is -0.387 e. The van der Waals surface area contributed by atoms with Gasteiger partial charge >= 0.3 is 0 Å². The highest BCUT2D eigenvalue weighted by atomic mass is 14.8. The van der Waals surface area contributed by atoms with E-state index < -0.39 is 0 Å². The van der Waals surface area contributed by atoms with Gasteiger partial charge in [-0.3, -0.25) is 4.98 Å². The van der Waals surface area contributed by atoms with Crippen LogP contribution in [-0.2, 0) is 0 Å². The summed E-state index contributed by atoms with van der Waals surface area (Å²) in [6, 6.07) is 28.3. The summed E-state index contributed by atoms with van der Waals surface area (Å²) in [6.45, 7) is 3.06. The molecule has 0 spiro atoms. The number of nitrogens with one attached hydrogen (secondary N) is 1. The molecule has 150 valence electrons. The third kappa shape index (κ3) is 4.19. The molecule has 1 N–H and O–H groups in total. The third-order valence-corrected chi connectivity index (χ3v) is 5.59. The number of aromatic nitrogens is 1. The first-order chi connectivity index (χ1) is 15.3. The second kappa shape index (κ2) is 8.45. The van der Waals surface area contributed by atoms with Crippen LogP contribution in [0.2, 0.25) is 0 Å². The van der Waals surface area contributed by atoms with Crippen LogP contribution in [0, 0.1) is 6.92 Å². The fraction of sp³-hybridized carbons (Fsp3) is 0.0690. The number of aryl methyl sites for hydroxylation is 1. The summed E-state index contributed by atoms with van der Waals surface area (Å²) in [5.41, 5.74) is 10.9. The number of hydrogen-bond acceptors (Lipinski definition) is 2. The van der Waals surface area contributed by atoms with Gasteiger partial charge in [0.1, 0.15) is 0 Å². The molecule has 1 aliphatic heterocycles. The Morgan fingerprint density at radius 3 is 1.94 bits per heavy atom. The minimum absolute atomic E-state index is 0.891. The maximum Gasteiger partial charge on any atom is 0.0346 e. The van der Waals surface area contributed by atoms with Gasteiger partial charge in [-0.1, -0.05) is 66.7 Å². The molecule has 4 aromatic rings. The van der Waals surface area contributed by atoms with Crippen LogP contribution >= 0.6 is 0 Å². The van der Waals surface area contributed by atoms with Crippen molar-refractivity contribution in [2.24, 2.45) is 0 Å². The maximum atomic E-state index is 4.26. The van der Waals surface area contributed by atoms with Crippen molar-refractivity contribution in [1.29, 1.82) is 0 Å². The first-order valence-corrected chi connectivity index (χ1v) is 10.6. The van der Waals surface area contributed by atoms with E-state index in [0.717, 1.165) is 12.1 Å². The lowest BCUT2D eigenvalue weighted by Gasteiger charge is -2.13. The Labute approximate surface area is 183 Å². The molecule has 5 rings (SSSR count). The summed E-state index contributed by atoms with van der Waals surface area (Å²) < 4.78 is 0. The van der Waals surface area contributed by atoms with Crippen LogP contribution in [0.1, 0.15) is 11.1 Å². The predicted molar refractivity (Wildman–Crippen MR) is 130 cm³/mol. The maximum absolute atomic E-state index is 4.26. The molecule has 0 unspecified atom stereocenters. The van der Waals surface area contributed by atoms with Crippen LogP contribution < -0.4 is 5.32 Å². The van der Waals surface area contributed by atoms with Gasteiger partial charge in [0.05, 0.1) is 0 Å². The molecular weight excluding hydrogens is 376 g/mol. The Kier molecular flexibility index (Phi) is 5.20. The van der Waals surface area contributed by atoms with E-state index in [0.29, 0.717) is 0 Å². The van der Waals surface area contributed by atoms with Gasteiger partial charge in [0.25, 0.3) is 0 Å². The fourth-order valence-electron chi connectivity index (χ4n) is 4.06. The zero-order chi connectivity index (χ0) is 21.0. The molecule has 0 bridgehead atoms. The van der Waals surface area contributed by atoms with Crippen molar-refractivity contribution in [3.8, 4) is 33.4 Å². The van der Waals surface area contributed by atoms with Crippen molar-refractivity contribution in [1.82, 2.24) is 10.3 Å². The first-order valence-electron chi connectivity index (χ1n) is 10.6. The molecule has 0 radical (unpaired) electrons. The summed E-state index contributed by atoms with van der Waals surface area (Å²) >= 11 is 0. The molecule has 2 nitrogen and oxygen atoms in total. The Morgan fingerprint density at radius 1 is 0.677 bits per heavy atom. The average Bonchev–Trinajstić information content (AvgIpc) is 2.85. The molecule has 2 heteroatoms. The third-order valence-electron chi connectivity index (χ3n) is 5.59. The Balaban J connectivity index is 1.54. The highest BCUT2D eigenvalue weighted by Gasteiger charge is 2.08. The van der Waals surface area contributed by atoms with Gasteiger partial charge in [0.2, 0.25) is 0 Å². The zero-order valence-electron chi connectivity index (χ0n) is 17.5. The lowest BCUT2D eigenvalue weighted by molar-refractivity contribution is 0.976. The highest BCUT2D eigenvalue weighted by molar-refractivity contribution is 5.81. The number of rotatable bonds is 4. The van der Waals surface area contributed by atoms with E-state index >= 15 is 0 Å². The summed E-state index contributed by atoms with van der Waals surface area (Å²) in [5.74, 6) is 0. The van der Waals surface area contributed by atoms with E-state index in [4.69, 9.17) is 0 Å². The van der Waals surface area contributed by atoms with Crippen LogP contribution in [-0.4, -0.2) is 11.5 Å². The highest BCUT2D eigenvalue weighted by Crippen LogP contribution is 2.32. The van der Waals surface area contributed by atoms with Gasteiger partial charge in [-0.05, 0) is 75.7 Å². The van der Waals surface area contributed by atoms with E-state index in [1.165, 1.54) is 44.5 Å². The number of allylic oxidation sites excluding steroid dienone is 2. The van der Waals surface area contributed by atoms with Crippen LogP contribution in [0.25, 0.3) is 39.0 Å². The lowest BCUT2D eigenvalue weighted by Crippen LogP contribution is -2.08. The van der Waals surface area contributed by atoms with E-state index in [1.54, 1.807) is 0 Å². The zero-order valence-corrected chi connectivity index (χ0v) is 17.5. The van der Waals surface area contributed by atoms with Gasteiger partial charge in [-0.2, -0.15) is 0 Å². The molecule has 2 heterocycles. The largest absolute Gasteiger partial charge is 0.387 e. The molecule has 0 saturated heterocycles. The van der Waals surface area contributed by atoms with Crippen molar-refractivity contribution in [2.75, 3.05) is 6.54 Å². The SMILES string of the molecule is Cc1cc(-c2cccc(C3=CNCC=C3)c2)cc(-c2cccc(-c3cccnc3)c2)c1. The average molecular weight is 401 g/mol. The molecule has 0 atom stereocenters. The summed E-state index contributed by atoms with van der Waals surface area (Å²) in [6.07, 6.45) is 10.1. The quantitative estimate of drug-likeness (QED) is 0.403. The molecule has 31 heavy (non-hydrogen) atoms. The molecular formula is C29H24N2. The second-order valence-electron chi connectivity index (χ2n) is 7.90. The molecule has 3 aromatic carbocycles. The Bertz CT molecular complexity index is 1280. The number of benzene rings is 3. The number of pyridine rings is 1. The van der Waals surface area contributed by atoms with Gasteiger partial charge in [0.15, 0.2) is 0 Å². The molecule has 0 saturated carbocycles. The van der Waals surface area contributed by atoms with Gasteiger partial charge in [0, 0.05) is 30.7 Å². The van der Waals surface area contributed by atoms with Crippen LogP contribution in [0.15, 0.2) is 110 Å². The Hall–Kier alpha value is -3.91. The van der Waals surface area contributed by atoms with Crippen molar-refractivity contribution >= 4 is 5.57 Å². The summed E-state index contributed by atoms with van der Waals surface area (Å²) in [7, 11) is 0. The van der Waals surface area contributed by atoms with Crippen molar-refractivity contribution < 1.29 is 0 Å². The summed E-state index contributed by atoms with van der Waals surface area (Å²) in [4.78, 5) is 4.26. The molecule has 1 aromatic heterocycles. The number of dihydropyridines is 1. The van der Waals surface area contributed by atoms with Crippen molar-refractivity contribution in [3.05, 3.63) is 121 Å². The molecule has 1 aliphatic rings. The smallest absolute Gasteiger partial charge is 0.0346 e. The first kappa shape index (κ1) is 19.1. The standard InChI is InChI=1S/C29H24N2/c1-21-14-28(24-8-2-6-22(16-24)26-10-4-12-30-19-26)18-29(15-21)25-9-3-7-23(17-25)27-11-5-13-31-20-27/h2-12,14-20,31H,13H2,1H3. The molecule has 0 aliphatic carbocycles. The van der Waals surface area contributed by atoms with Gasteiger partial charge in [-0.25, -0.2) is 0 Å². The Morgan fingerprint density at radius 2 is 1.29 bits per heavy atom. The predicted octanol–water partition coefficient (Wildman–Crippen LogP) is 6.89. The molecule has 0 fully saturated rings. The van der Waals surface area contributed by atoms with Crippen LogP contribution in [0.4, 0.5) is 0 Å². The van der Waals surface area contributed by atoms with Crippen molar-refractivity contribution in [2.45, 2.75) is 6.92 Å².